The summed E-state index contributed by atoms with van der Waals surface area (Å²) in [5, 5.41) is 5.16. The Kier molecular flexibility index (Phi) is 8.19. The third kappa shape index (κ3) is 4.97. The molecule has 0 atom stereocenters. The van der Waals surface area contributed by atoms with E-state index in [2.05, 4.69) is 49.8 Å². The number of likely N-dealkylation sites (N-methyl/N-ethyl adjacent to an activating group) is 1. The molecule has 2 aromatic heterocycles. The fourth-order valence-corrected chi connectivity index (χ4v) is 4.23. The number of anilines is 1. The first-order chi connectivity index (χ1) is 13.5. The SMILES string of the molecule is CCN(CC)CCN(C(=O)c1ccn(CC)n1)c1nc2c(C)c(C)ccc2s1.Cl. The first kappa shape index (κ1) is 23.3. The van der Waals surface area contributed by atoms with Crippen molar-refractivity contribution in [2.24, 2.45) is 0 Å². The number of carbonyl (C=O) groups excluding carboxylic acids is 1. The summed E-state index contributed by atoms with van der Waals surface area (Å²) in [5.41, 5.74) is 3.84. The van der Waals surface area contributed by atoms with E-state index in [0.29, 0.717) is 12.2 Å². The van der Waals surface area contributed by atoms with Crippen LogP contribution in [0.5, 0.6) is 0 Å². The van der Waals surface area contributed by atoms with Crippen LogP contribution in [0.1, 0.15) is 42.4 Å². The van der Waals surface area contributed by atoms with Crippen molar-refractivity contribution in [2.45, 2.75) is 41.2 Å². The summed E-state index contributed by atoms with van der Waals surface area (Å²) in [5.74, 6) is -0.0900. The van der Waals surface area contributed by atoms with Crippen LogP contribution in [0.15, 0.2) is 24.4 Å². The number of fused-ring (bicyclic) bond motifs is 1. The molecule has 0 aliphatic carbocycles. The van der Waals surface area contributed by atoms with Crippen molar-refractivity contribution in [3.63, 3.8) is 0 Å². The Balaban J connectivity index is 0.00000300. The van der Waals surface area contributed by atoms with Gasteiger partial charge in [-0.25, -0.2) is 4.98 Å². The average Bonchev–Trinajstić information content (AvgIpc) is 3.35. The summed E-state index contributed by atoms with van der Waals surface area (Å²) in [6, 6.07) is 6.00. The van der Waals surface area contributed by atoms with Gasteiger partial charge in [-0.05, 0) is 57.1 Å². The molecule has 0 aliphatic heterocycles. The molecule has 0 radical (unpaired) electrons. The number of carbonyl (C=O) groups is 1. The molecule has 8 heteroatoms. The Labute approximate surface area is 182 Å². The summed E-state index contributed by atoms with van der Waals surface area (Å²) in [6.07, 6.45) is 1.85. The molecule has 0 unspecified atom stereocenters. The van der Waals surface area contributed by atoms with Gasteiger partial charge in [0.15, 0.2) is 10.8 Å². The first-order valence-corrected chi connectivity index (χ1v) is 10.7. The number of aryl methyl sites for hydroxylation is 3. The van der Waals surface area contributed by atoms with Crippen LogP contribution < -0.4 is 4.90 Å². The van der Waals surface area contributed by atoms with Crippen LogP contribution in [0.25, 0.3) is 10.2 Å². The Morgan fingerprint density at radius 1 is 1.10 bits per heavy atom. The molecule has 0 spiro atoms. The van der Waals surface area contributed by atoms with Crippen LogP contribution in [0, 0.1) is 13.8 Å². The zero-order chi connectivity index (χ0) is 20.3. The number of halogens is 1. The highest BCUT2D eigenvalue weighted by Gasteiger charge is 2.24. The maximum atomic E-state index is 13.3. The molecule has 2 heterocycles. The molecule has 0 saturated heterocycles. The van der Waals surface area contributed by atoms with Crippen LogP contribution in [0.4, 0.5) is 5.13 Å². The molecule has 1 amide bonds. The maximum Gasteiger partial charge on any atom is 0.280 e. The molecule has 0 fully saturated rings. The largest absolute Gasteiger partial charge is 0.302 e. The Hall–Kier alpha value is -1.96. The average molecular weight is 436 g/mol. The minimum atomic E-state index is -0.0900. The van der Waals surface area contributed by atoms with Crippen molar-refractivity contribution in [2.75, 3.05) is 31.1 Å². The fraction of sp³-hybridized carbons (Fsp3) is 0.476. The van der Waals surface area contributed by atoms with Gasteiger partial charge >= 0.3 is 0 Å². The lowest BCUT2D eigenvalue weighted by Crippen LogP contribution is -2.39. The normalized spacial score (nSPS) is 11.1. The van der Waals surface area contributed by atoms with E-state index in [4.69, 9.17) is 4.98 Å². The second-order valence-corrected chi connectivity index (χ2v) is 7.90. The molecule has 0 N–H and O–H groups in total. The Morgan fingerprint density at radius 2 is 1.83 bits per heavy atom. The van der Waals surface area contributed by atoms with Gasteiger partial charge in [-0.3, -0.25) is 14.4 Å². The van der Waals surface area contributed by atoms with Crippen LogP contribution >= 0.6 is 23.7 Å². The quantitative estimate of drug-likeness (QED) is 0.521. The minimum Gasteiger partial charge on any atom is -0.302 e. The number of hydrogen-bond donors (Lipinski definition) is 0. The van der Waals surface area contributed by atoms with Crippen LogP contribution in [-0.4, -0.2) is 51.8 Å². The number of benzene rings is 1. The Morgan fingerprint density at radius 3 is 2.45 bits per heavy atom. The predicted molar refractivity (Wildman–Crippen MR) is 124 cm³/mol. The van der Waals surface area contributed by atoms with Crippen molar-refractivity contribution in [3.8, 4) is 0 Å². The number of thiazole rings is 1. The van der Waals surface area contributed by atoms with Crippen molar-refractivity contribution in [1.82, 2.24) is 19.7 Å². The molecule has 0 bridgehead atoms. The second kappa shape index (κ2) is 10.2. The third-order valence-corrected chi connectivity index (χ3v) is 6.31. The van der Waals surface area contributed by atoms with Gasteiger partial charge < -0.3 is 4.90 Å². The van der Waals surface area contributed by atoms with Gasteiger partial charge in [0.05, 0.1) is 10.2 Å². The van der Waals surface area contributed by atoms with E-state index in [9.17, 15) is 4.79 Å². The molecule has 0 saturated carbocycles. The predicted octanol–water partition coefficient (Wildman–Crippen LogP) is 4.54. The van der Waals surface area contributed by atoms with Gasteiger partial charge in [-0.2, -0.15) is 5.10 Å². The summed E-state index contributed by atoms with van der Waals surface area (Å²) < 4.78 is 2.89. The highest BCUT2D eigenvalue weighted by Crippen LogP contribution is 2.32. The maximum absolute atomic E-state index is 13.3. The van der Waals surface area contributed by atoms with Gasteiger partial charge in [0, 0.05) is 25.8 Å². The smallest absolute Gasteiger partial charge is 0.280 e. The lowest BCUT2D eigenvalue weighted by molar-refractivity contribution is 0.0978. The van der Waals surface area contributed by atoms with Crippen molar-refractivity contribution < 1.29 is 4.79 Å². The molecular weight excluding hydrogens is 406 g/mol. The van der Waals surface area contributed by atoms with Crippen LogP contribution in [-0.2, 0) is 6.54 Å². The van der Waals surface area contributed by atoms with E-state index < -0.39 is 0 Å². The number of amides is 1. The number of hydrogen-bond acceptors (Lipinski definition) is 5. The summed E-state index contributed by atoms with van der Waals surface area (Å²) >= 11 is 1.57. The number of nitrogens with zero attached hydrogens (tertiary/aromatic N) is 5. The number of aromatic nitrogens is 3. The molecule has 6 nitrogen and oxygen atoms in total. The lowest BCUT2D eigenvalue weighted by atomic mass is 10.1. The second-order valence-electron chi connectivity index (χ2n) is 6.89. The van der Waals surface area contributed by atoms with E-state index in [0.717, 1.165) is 41.5 Å². The standard InChI is InChI=1S/C21H29N5OS.ClH/c1-6-24(7-2)13-14-26(20(27)17-11-12-25(8-3)23-17)21-22-19-16(5)15(4)9-10-18(19)28-21;/h9-12H,6-8,13-14H2,1-5H3;1H. The monoisotopic (exact) mass is 435 g/mol. The van der Waals surface area contributed by atoms with Gasteiger partial charge in [0.2, 0.25) is 0 Å². The van der Waals surface area contributed by atoms with E-state index in [-0.39, 0.29) is 18.3 Å². The van der Waals surface area contributed by atoms with Gasteiger partial charge in [-0.1, -0.05) is 31.3 Å². The molecule has 158 valence electrons. The molecule has 3 aromatic rings. The molecule has 1 aromatic carbocycles. The summed E-state index contributed by atoms with van der Waals surface area (Å²) in [7, 11) is 0. The summed E-state index contributed by atoms with van der Waals surface area (Å²) in [6.45, 7) is 14.5. The lowest BCUT2D eigenvalue weighted by Gasteiger charge is -2.24. The Bertz CT molecular complexity index is 963. The van der Waals surface area contributed by atoms with Crippen molar-refractivity contribution in [3.05, 3.63) is 41.2 Å². The van der Waals surface area contributed by atoms with E-state index >= 15 is 0 Å². The molecular formula is C21H30ClN5OS. The molecule has 3 rings (SSSR count). The minimum absolute atomic E-state index is 0. The van der Waals surface area contributed by atoms with Gasteiger partial charge in [-0.15, -0.1) is 12.4 Å². The van der Waals surface area contributed by atoms with Crippen molar-refractivity contribution >= 4 is 45.0 Å². The van der Waals surface area contributed by atoms with E-state index in [1.807, 2.05) is 13.1 Å². The zero-order valence-electron chi connectivity index (χ0n) is 17.8. The van der Waals surface area contributed by atoms with Crippen LogP contribution in [0.3, 0.4) is 0 Å². The van der Waals surface area contributed by atoms with E-state index in [1.165, 1.54) is 11.1 Å². The highest BCUT2D eigenvalue weighted by molar-refractivity contribution is 7.22. The molecule has 29 heavy (non-hydrogen) atoms. The van der Waals surface area contributed by atoms with E-state index in [1.54, 1.807) is 27.0 Å². The zero-order valence-corrected chi connectivity index (χ0v) is 19.4. The van der Waals surface area contributed by atoms with Crippen molar-refractivity contribution in [1.29, 1.82) is 0 Å². The topological polar surface area (TPSA) is 54.3 Å². The van der Waals surface area contributed by atoms with Gasteiger partial charge in [0.1, 0.15) is 0 Å². The van der Waals surface area contributed by atoms with Crippen LogP contribution in [0.2, 0.25) is 0 Å². The summed E-state index contributed by atoms with van der Waals surface area (Å²) in [4.78, 5) is 22.2. The third-order valence-electron chi connectivity index (χ3n) is 5.27. The first-order valence-electron chi connectivity index (χ1n) is 9.92. The molecule has 0 aliphatic rings. The van der Waals surface area contributed by atoms with Gasteiger partial charge in [0.25, 0.3) is 5.91 Å². The highest BCUT2D eigenvalue weighted by atomic mass is 35.5. The number of rotatable bonds is 8. The fourth-order valence-electron chi connectivity index (χ4n) is 3.19.